The topological polar surface area (TPSA) is 114 Å². The number of alkyl carbamates (subject to hydrolysis) is 1. The van der Waals surface area contributed by atoms with Crippen LogP contribution in [-0.4, -0.2) is 67.3 Å². The molecule has 1 saturated heterocycles. The van der Waals surface area contributed by atoms with E-state index in [-0.39, 0.29) is 19.0 Å². The molecule has 0 atom stereocenters. The van der Waals surface area contributed by atoms with Crippen molar-refractivity contribution in [1.29, 1.82) is 0 Å². The lowest BCUT2D eigenvalue weighted by molar-refractivity contribution is 0.0551. The molecule has 9 nitrogen and oxygen atoms in total. The number of guanidine groups is 1. The first-order valence-corrected chi connectivity index (χ1v) is 9.78. The van der Waals surface area contributed by atoms with E-state index in [0.29, 0.717) is 0 Å². The van der Waals surface area contributed by atoms with Crippen LogP contribution in [0.3, 0.4) is 0 Å². The molecule has 144 valence electrons. The second-order valence-electron chi connectivity index (χ2n) is 7.90. The van der Waals surface area contributed by atoms with Gasteiger partial charge in [0.1, 0.15) is 11.2 Å². The van der Waals surface area contributed by atoms with Gasteiger partial charge in [0.15, 0.2) is 9.84 Å². The third-order valence-corrected chi connectivity index (χ3v) is 4.47. The number of sulfone groups is 1. The van der Waals surface area contributed by atoms with Gasteiger partial charge in [-0.25, -0.2) is 18.0 Å². The number of ether oxygens (including phenoxy) is 2. The Labute approximate surface area is 148 Å². The van der Waals surface area contributed by atoms with Gasteiger partial charge < -0.3 is 14.4 Å². The lowest BCUT2D eigenvalue weighted by Crippen LogP contribution is -2.61. The van der Waals surface area contributed by atoms with Crippen LogP contribution < -0.4 is 5.32 Å². The zero-order valence-corrected chi connectivity index (χ0v) is 16.6. The molecule has 1 fully saturated rings. The number of hydrogen-bond donors (Lipinski definition) is 1. The molecule has 25 heavy (non-hydrogen) atoms. The second kappa shape index (κ2) is 7.19. The number of amides is 2. The number of carbonyl (C=O) groups excluding carboxylic acids is 2. The number of nitrogens with zero attached hydrogens (tertiary/aromatic N) is 2. The van der Waals surface area contributed by atoms with E-state index in [9.17, 15) is 18.0 Å². The Hall–Kier alpha value is -1.84. The smallest absolute Gasteiger partial charge is 0.437 e. The molecule has 0 aromatic carbocycles. The highest BCUT2D eigenvalue weighted by Gasteiger charge is 2.37. The van der Waals surface area contributed by atoms with E-state index in [1.54, 1.807) is 41.5 Å². The van der Waals surface area contributed by atoms with Gasteiger partial charge in [-0.1, -0.05) is 0 Å². The highest BCUT2D eigenvalue weighted by atomic mass is 32.2. The Morgan fingerprint density at radius 2 is 1.52 bits per heavy atom. The maximum absolute atomic E-state index is 11.9. The summed E-state index contributed by atoms with van der Waals surface area (Å²) in [6.45, 7) is 10.4. The lowest BCUT2D eigenvalue weighted by atomic mass is 10.2. The van der Waals surface area contributed by atoms with Crippen molar-refractivity contribution in [1.82, 2.24) is 10.2 Å². The first-order chi connectivity index (χ1) is 11.1. The fourth-order valence-corrected chi connectivity index (χ4v) is 2.73. The zero-order chi connectivity index (χ0) is 19.6. The molecular weight excluding hydrogens is 350 g/mol. The molecule has 0 saturated carbocycles. The first-order valence-electron chi connectivity index (χ1n) is 7.82. The molecule has 0 spiro atoms. The van der Waals surface area contributed by atoms with Gasteiger partial charge in [-0.15, -0.1) is 4.99 Å². The van der Waals surface area contributed by atoms with Crippen LogP contribution >= 0.6 is 0 Å². The maximum Gasteiger partial charge on any atom is 0.437 e. The summed E-state index contributed by atoms with van der Waals surface area (Å²) in [5.74, 6) is -0.0941. The number of carbonyl (C=O) groups is 2. The summed E-state index contributed by atoms with van der Waals surface area (Å²) in [6, 6.07) is 0. The standard InChI is InChI=1S/C15H27N3O6S/c1-14(2,3)23-12(19)16-11(17-13(20)24-15(4,5)6)18-8-10(9-18)25(7,21)22/h10H,8-9H2,1-7H3,(H,16,17,19,20). The monoisotopic (exact) mass is 377 g/mol. The maximum atomic E-state index is 11.9. The van der Waals surface area contributed by atoms with Gasteiger partial charge in [0.2, 0.25) is 5.96 Å². The second-order valence-corrected chi connectivity index (χ2v) is 10.2. The number of nitrogens with one attached hydrogen (secondary N) is 1. The molecule has 1 heterocycles. The number of aliphatic imine (C=N–C) groups is 1. The number of rotatable bonds is 1. The molecule has 0 aromatic heterocycles. The van der Waals surface area contributed by atoms with Gasteiger partial charge >= 0.3 is 12.2 Å². The van der Waals surface area contributed by atoms with Gasteiger partial charge in [-0.05, 0) is 41.5 Å². The zero-order valence-electron chi connectivity index (χ0n) is 15.7. The third kappa shape index (κ3) is 7.72. The Morgan fingerprint density at radius 3 is 1.92 bits per heavy atom. The Balaban J connectivity index is 2.88. The van der Waals surface area contributed by atoms with Crippen molar-refractivity contribution < 1.29 is 27.5 Å². The van der Waals surface area contributed by atoms with Crippen molar-refractivity contribution >= 4 is 28.0 Å². The molecule has 1 rings (SSSR count). The summed E-state index contributed by atoms with van der Waals surface area (Å²) in [6.07, 6.45) is -0.542. The van der Waals surface area contributed by atoms with Crippen LogP contribution in [0.5, 0.6) is 0 Å². The van der Waals surface area contributed by atoms with E-state index in [2.05, 4.69) is 10.3 Å². The molecule has 0 radical (unpaired) electrons. The minimum absolute atomic E-state index is 0.0941. The molecule has 0 unspecified atom stereocenters. The van der Waals surface area contributed by atoms with Crippen molar-refractivity contribution in [2.75, 3.05) is 19.3 Å². The normalized spacial score (nSPS) is 16.9. The van der Waals surface area contributed by atoms with Crippen LogP contribution in [0.25, 0.3) is 0 Å². The Morgan fingerprint density at radius 1 is 1.04 bits per heavy atom. The Bertz CT molecular complexity index is 652. The van der Waals surface area contributed by atoms with Crippen LogP contribution in [0, 0.1) is 0 Å². The summed E-state index contributed by atoms with van der Waals surface area (Å²) in [4.78, 5) is 29.1. The van der Waals surface area contributed by atoms with Crippen molar-refractivity contribution in [3.63, 3.8) is 0 Å². The predicted molar refractivity (Wildman–Crippen MR) is 93.2 cm³/mol. The first kappa shape index (κ1) is 21.2. The van der Waals surface area contributed by atoms with Crippen molar-refractivity contribution in [2.24, 2.45) is 4.99 Å². The third-order valence-electron chi connectivity index (χ3n) is 2.96. The SMILES string of the molecule is CC(C)(C)OC(=O)N=C(NC(=O)OC(C)(C)C)N1CC(S(C)(=O)=O)C1. The van der Waals surface area contributed by atoms with E-state index in [0.717, 1.165) is 6.26 Å². The fourth-order valence-electron chi connectivity index (χ4n) is 1.83. The van der Waals surface area contributed by atoms with E-state index in [1.165, 1.54) is 4.90 Å². The van der Waals surface area contributed by atoms with Crippen LogP contribution in [0.4, 0.5) is 9.59 Å². The summed E-state index contributed by atoms with van der Waals surface area (Å²) >= 11 is 0. The Kier molecular flexibility index (Phi) is 6.09. The highest BCUT2D eigenvalue weighted by Crippen LogP contribution is 2.17. The van der Waals surface area contributed by atoms with Crippen LogP contribution in [0.1, 0.15) is 41.5 Å². The van der Waals surface area contributed by atoms with Crippen molar-refractivity contribution in [3.8, 4) is 0 Å². The van der Waals surface area contributed by atoms with E-state index < -0.39 is 38.5 Å². The molecule has 1 aliphatic rings. The molecule has 0 aliphatic carbocycles. The van der Waals surface area contributed by atoms with Gasteiger partial charge in [-0.2, -0.15) is 0 Å². The van der Waals surface area contributed by atoms with E-state index >= 15 is 0 Å². The molecular formula is C15H27N3O6S. The molecule has 10 heteroatoms. The minimum atomic E-state index is -3.20. The average molecular weight is 377 g/mol. The lowest BCUT2D eigenvalue weighted by Gasteiger charge is -2.39. The van der Waals surface area contributed by atoms with Crippen LogP contribution in [0.15, 0.2) is 4.99 Å². The van der Waals surface area contributed by atoms with Gasteiger partial charge in [0.25, 0.3) is 0 Å². The minimum Gasteiger partial charge on any atom is -0.444 e. The van der Waals surface area contributed by atoms with Gasteiger partial charge in [0.05, 0.1) is 5.25 Å². The average Bonchev–Trinajstić information content (AvgIpc) is 2.17. The van der Waals surface area contributed by atoms with Crippen molar-refractivity contribution in [2.45, 2.75) is 58.0 Å². The summed E-state index contributed by atoms with van der Waals surface area (Å²) < 4.78 is 33.3. The highest BCUT2D eigenvalue weighted by molar-refractivity contribution is 7.91. The summed E-state index contributed by atoms with van der Waals surface area (Å²) in [5, 5.41) is 1.81. The largest absolute Gasteiger partial charge is 0.444 e. The van der Waals surface area contributed by atoms with E-state index in [1.807, 2.05) is 0 Å². The van der Waals surface area contributed by atoms with Crippen LogP contribution in [-0.2, 0) is 19.3 Å². The molecule has 2 amide bonds. The predicted octanol–water partition coefficient (Wildman–Crippen LogP) is 1.53. The van der Waals surface area contributed by atoms with Crippen LogP contribution in [0.2, 0.25) is 0 Å². The molecule has 0 aromatic rings. The van der Waals surface area contributed by atoms with Gasteiger partial charge in [-0.3, -0.25) is 5.32 Å². The number of likely N-dealkylation sites (tertiary alicyclic amines) is 1. The van der Waals surface area contributed by atoms with Crippen molar-refractivity contribution in [3.05, 3.63) is 0 Å². The van der Waals surface area contributed by atoms with E-state index in [4.69, 9.17) is 9.47 Å². The van der Waals surface area contributed by atoms with Gasteiger partial charge in [0, 0.05) is 19.3 Å². The quantitative estimate of drug-likeness (QED) is 0.544. The molecule has 1 aliphatic heterocycles. The number of hydrogen-bond acceptors (Lipinski definition) is 6. The summed E-state index contributed by atoms with van der Waals surface area (Å²) in [5.41, 5.74) is -1.48. The molecule has 1 N–H and O–H groups in total. The molecule has 0 bridgehead atoms. The fraction of sp³-hybridized carbons (Fsp3) is 0.800. The summed E-state index contributed by atoms with van der Waals surface area (Å²) in [7, 11) is -3.20.